The van der Waals surface area contributed by atoms with E-state index in [1.165, 1.54) is 32.1 Å². The lowest BCUT2D eigenvalue weighted by molar-refractivity contribution is 0.159. The standard InChI is InChI=1S/C17H34/c1-7-17-14(4)9-8-13(3)15(5)10-12(2)11-16(17)6/h12-17H,7-11H2,1-6H3. The lowest BCUT2D eigenvalue weighted by atomic mass is 9.71. The molecule has 0 heteroatoms. The Kier molecular flexibility index (Phi) is 6.03. The fourth-order valence-corrected chi connectivity index (χ4v) is 4.16. The second kappa shape index (κ2) is 6.81. The van der Waals surface area contributed by atoms with Gasteiger partial charge < -0.3 is 0 Å². The normalized spacial score (nSPS) is 45.5. The van der Waals surface area contributed by atoms with Crippen LogP contribution in [0.5, 0.6) is 0 Å². The summed E-state index contributed by atoms with van der Waals surface area (Å²) < 4.78 is 0. The minimum Gasteiger partial charge on any atom is -0.0651 e. The van der Waals surface area contributed by atoms with Gasteiger partial charge in [0.05, 0.1) is 0 Å². The van der Waals surface area contributed by atoms with Crippen LogP contribution >= 0.6 is 0 Å². The van der Waals surface area contributed by atoms with E-state index < -0.39 is 0 Å². The zero-order valence-corrected chi connectivity index (χ0v) is 13.0. The monoisotopic (exact) mass is 238 g/mol. The fraction of sp³-hybridized carbons (Fsp3) is 1.00. The van der Waals surface area contributed by atoms with Crippen molar-refractivity contribution in [2.75, 3.05) is 0 Å². The van der Waals surface area contributed by atoms with Crippen molar-refractivity contribution in [2.45, 2.75) is 73.6 Å². The fourth-order valence-electron chi connectivity index (χ4n) is 4.16. The van der Waals surface area contributed by atoms with Gasteiger partial charge in [-0.3, -0.25) is 0 Å². The van der Waals surface area contributed by atoms with Crippen LogP contribution in [0.1, 0.15) is 73.6 Å². The van der Waals surface area contributed by atoms with Gasteiger partial charge in [-0.05, 0) is 48.3 Å². The maximum absolute atomic E-state index is 2.50. The van der Waals surface area contributed by atoms with Crippen molar-refractivity contribution in [2.24, 2.45) is 35.5 Å². The maximum atomic E-state index is 2.50. The first kappa shape index (κ1) is 15.1. The van der Waals surface area contributed by atoms with E-state index in [2.05, 4.69) is 41.5 Å². The predicted octanol–water partition coefficient (Wildman–Crippen LogP) is 5.77. The first-order chi connectivity index (χ1) is 7.95. The zero-order chi connectivity index (χ0) is 13.0. The minimum absolute atomic E-state index is 0.918. The molecule has 0 aromatic heterocycles. The van der Waals surface area contributed by atoms with Crippen molar-refractivity contribution in [3.63, 3.8) is 0 Å². The van der Waals surface area contributed by atoms with Gasteiger partial charge in [-0.2, -0.15) is 0 Å². The molecule has 1 fully saturated rings. The molecule has 17 heavy (non-hydrogen) atoms. The number of rotatable bonds is 1. The van der Waals surface area contributed by atoms with Crippen LogP contribution in [0.25, 0.3) is 0 Å². The lowest BCUT2D eigenvalue weighted by Crippen LogP contribution is -2.25. The Balaban J connectivity index is 2.71. The average Bonchev–Trinajstić information content (AvgIpc) is 2.25. The van der Waals surface area contributed by atoms with E-state index in [1.807, 2.05) is 0 Å². The topological polar surface area (TPSA) is 0 Å². The summed E-state index contributed by atoms with van der Waals surface area (Å²) >= 11 is 0. The molecule has 6 unspecified atom stereocenters. The van der Waals surface area contributed by atoms with Crippen molar-refractivity contribution in [1.82, 2.24) is 0 Å². The first-order valence-electron chi connectivity index (χ1n) is 7.95. The highest BCUT2D eigenvalue weighted by Crippen LogP contribution is 2.37. The number of hydrogen-bond acceptors (Lipinski definition) is 0. The van der Waals surface area contributed by atoms with E-state index >= 15 is 0 Å². The smallest absolute Gasteiger partial charge is 0.0365 e. The molecule has 6 atom stereocenters. The summed E-state index contributed by atoms with van der Waals surface area (Å²) in [5.74, 6) is 5.56. The molecule has 0 bridgehead atoms. The molecule has 0 aromatic carbocycles. The number of hydrogen-bond donors (Lipinski definition) is 0. The Morgan fingerprint density at radius 1 is 0.706 bits per heavy atom. The third-order valence-corrected chi connectivity index (χ3v) is 5.53. The largest absolute Gasteiger partial charge is 0.0651 e. The molecule has 1 saturated carbocycles. The SMILES string of the molecule is CCC1C(C)CCC(C)C(C)CC(C)CC1C. The second-order valence-electron chi connectivity index (χ2n) is 7.14. The molecule has 0 aromatic rings. The van der Waals surface area contributed by atoms with Gasteiger partial charge in [-0.15, -0.1) is 0 Å². The molecule has 0 saturated heterocycles. The van der Waals surface area contributed by atoms with Crippen LogP contribution in [-0.4, -0.2) is 0 Å². The third-order valence-electron chi connectivity index (χ3n) is 5.53. The maximum Gasteiger partial charge on any atom is -0.0365 e. The molecular formula is C17H34. The summed E-state index contributed by atoms with van der Waals surface area (Å²) in [6, 6.07) is 0. The van der Waals surface area contributed by atoms with Crippen molar-refractivity contribution in [1.29, 1.82) is 0 Å². The van der Waals surface area contributed by atoms with Gasteiger partial charge in [-0.25, -0.2) is 0 Å². The van der Waals surface area contributed by atoms with Crippen LogP contribution in [0.2, 0.25) is 0 Å². The van der Waals surface area contributed by atoms with E-state index in [1.54, 1.807) is 0 Å². The van der Waals surface area contributed by atoms with E-state index in [-0.39, 0.29) is 0 Å². The summed E-state index contributed by atoms with van der Waals surface area (Å²) in [5.41, 5.74) is 0. The van der Waals surface area contributed by atoms with Gasteiger partial charge in [0.1, 0.15) is 0 Å². The highest BCUT2D eigenvalue weighted by molar-refractivity contribution is 4.77. The summed E-state index contributed by atoms with van der Waals surface area (Å²) in [7, 11) is 0. The van der Waals surface area contributed by atoms with Crippen molar-refractivity contribution in [3.05, 3.63) is 0 Å². The molecule has 0 radical (unpaired) electrons. The molecule has 1 aliphatic rings. The Morgan fingerprint density at radius 2 is 1.24 bits per heavy atom. The van der Waals surface area contributed by atoms with Crippen LogP contribution in [0.4, 0.5) is 0 Å². The van der Waals surface area contributed by atoms with E-state index in [0.717, 1.165) is 35.5 Å². The first-order valence-corrected chi connectivity index (χ1v) is 7.95. The predicted molar refractivity (Wildman–Crippen MR) is 78.1 cm³/mol. The molecule has 1 aliphatic carbocycles. The molecule has 0 nitrogen and oxygen atoms in total. The summed E-state index contributed by atoms with van der Waals surface area (Å²) in [5, 5.41) is 0. The van der Waals surface area contributed by atoms with Gasteiger partial charge >= 0.3 is 0 Å². The molecule has 1 rings (SSSR count). The summed E-state index contributed by atoms with van der Waals surface area (Å²) in [6.45, 7) is 14.8. The highest BCUT2D eigenvalue weighted by atomic mass is 14.3. The van der Waals surface area contributed by atoms with Gasteiger partial charge in [-0.1, -0.05) is 60.8 Å². The average molecular weight is 238 g/mol. The molecular weight excluding hydrogens is 204 g/mol. The van der Waals surface area contributed by atoms with Crippen LogP contribution in [0, 0.1) is 35.5 Å². The summed E-state index contributed by atoms with van der Waals surface area (Å²) in [4.78, 5) is 0. The lowest BCUT2D eigenvalue weighted by Gasteiger charge is -2.35. The highest BCUT2D eigenvalue weighted by Gasteiger charge is 2.27. The zero-order valence-electron chi connectivity index (χ0n) is 13.0. The van der Waals surface area contributed by atoms with Gasteiger partial charge in [0.2, 0.25) is 0 Å². The molecule has 0 amide bonds. The molecule has 102 valence electrons. The third kappa shape index (κ3) is 4.30. The minimum atomic E-state index is 0.918. The Hall–Kier alpha value is 0. The van der Waals surface area contributed by atoms with Crippen LogP contribution in [-0.2, 0) is 0 Å². The second-order valence-corrected chi connectivity index (χ2v) is 7.14. The van der Waals surface area contributed by atoms with Crippen molar-refractivity contribution in [3.8, 4) is 0 Å². The Bertz CT molecular complexity index is 208. The Morgan fingerprint density at radius 3 is 1.82 bits per heavy atom. The van der Waals surface area contributed by atoms with Gasteiger partial charge in [0.25, 0.3) is 0 Å². The molecule has 0 N–H and O–H groups in total. The van der Waals surface area contributed by atoms with Crippen LogP contribution in [0.3, 0.4) is 0 Å². The Labute approximate surface area is 110 Å². The van der Waals surface area contributed by atoms with E-state index in [4.69, 9.17) is 0 Å². The van der Waals surface area contributed by atoms with Crippen molar-refractivity contribution >= 4 is 0 Å². The van der Waals surface area contributed by atoms with Crippen molar-refractivity contribution < 1.29 is 0 Å². The van der Waals surface area contributed by atoms with Gasteiger partial charge in [0, 0.05) is 0 Å². The van der Waals surface area contributed by atoms with E-state index in [0.29, 0.717) is 0 Å². The van der Waals surface area contributed by atoms with Crippen LogP contribution in [0.15, 0.2) is 0 Å². The quantitative estimate of drug-likeness (QED) is 0.544. The van der Waals surface area contributed by atoms with Crippen LogP contribution < -0.4 is 0 Å². The molecule has 0 aliphatic heterocycles. The van der Waals surface area contributed by atoms with Gasteiger partial charge in [0.15, 0.2) is 0 Å². The molecule has 0 heterocycles. The summed E-state index contributed by atoms with van der Waals surface area (Å²) in [6.07, 6.45) is 7.15. The van der Waals surface area contributed by atoms with E-state index in [9.17, 15) is 0 Å². The molecule has 0 spiro atoms.